The van der Waals surface area contributed by atoms with Gasteiger partial charge in [-0.25, -0.2) is 0 Å². The van der Waals surface area contributed by atoms with Crippen molar-refractivity contribution >= 4 is 6.21 Å². The molecule has 0 atom stereocenters. The lowest BCUT2D eigenvalue weighted by Crippen LogP contribution is -1.94. The zero-order valence-electron chi connectivity index (χ0n) is 10.8. The molecule has 0 heterocycles. The largest absolute Gasteiger partial charge is 0.497 e. The molecule has 96 valence electrons. The van der Waals surface area contributed by atoms with E-state index in [0.717, 1.165) is 17.7 Å². The molecule has 0 aliphatic heterocycles. The maximum absolute atomic E-state index is 5.28. The van der Waals surface area contributed by atoms with Gasteiger partial charge in [-0.2, -0.15) is 0 Å². The van der Waals surface area contributed by atoms with Gasteiger partial charge in [0.05, 0.1) is 13.3 Å². The molecule has 0 unspecified atom stereocenters. The number of ether oxygens (including phenoxy) is 1. The number of methoxy groups -OCH3 is 1. The van der Waals surface area contributed by atoms with Gasteiger partial charge in [0.2, 0.25) is 0 Å². The summed E-state index contributed by atoms with van der Waals surface area (Å²) < 4.78 is 5.10. The van der Waals surface area contributed by atoms with E-state index in [1.54, 1.807) is 7.11 Å². The third kappa shape index (κ3) is 3.91. The van der Waals surface area contributed by atoms with Gasteiger partial charge in [-0.3, -0.25) is 0 Å². The molecule has 1 aromatic rings. The summed E-state index contributed by atoms with van der Waals surface area (Å²) in [5.74, 6) is 0.856. The van der Waals surface area contributed by atoms with Crippen LogP contribution in [0, 0.1) is 0 Å². The van der Waals surface area contributed by atoms with Crippen molar-refractivity contribution in [3.8, 4) is 5.75 Å². The van der Waals surface area contributed by atoms with Gasteiger partial charge in [0.25, 0.3) is 0 Å². The molecule has 18 heavy (non-hydrogen) atoms. The zero-order valence-corrected chi connectivity index (χ0v) is 10.8. The summed E-state index contributed by atoms with van der Waals surface area (Å²) in [4.78, 5) is 5.28. The Morgan fingerprint density at radius 2 is 2.06 bits per heavy atom. The highest BCUT2D eigenvalue weighted by molar-refractivity contribution is 5.78. The molecule has 0 amide bonds. The highest BCUT2D eigenvalue weighted by Crippen LogP contribution is 2.15. The summed E-state index contributed by atoms with van der Waals surface area (Å²) in [7, 11) is 1.66. The second-order valence-corrected chi connectivity index (χ2v) is 4.38. The highest BCUT2D eigenvalue weighted by Gasteiger charge is 2.00. The summed E-state index contributed by atoms with van der Waals surface area (Å²) >= 11 is 0. The van der Waals surface area contributed by atoms with Crippen LogP contribution < -0.4 is 4.74 Å². The molecule has 0 aromatic heterocycles. The molecular weight excluding hydrogens is 226 g/mol. The first-order valence-electron chi connectivity index (χ1n) is 6.36. The van der Waals surface area contributed by atoms with Crippen LogP contribution in [0.2, 0.25) is 0 Å². The zero-order chi connectivity index (χ0) is 12.6. The molecule has 1 aliphatic carbocycles. The summed E-state index contributed by atoms with van der Waals surface area (Å²) in [5.41, 5.74) is 2.38. The molecule has 1 aromatic carbocycles. The van der Waals surface area contributed by atoms with E-state index in [1.165, 1.54) is 24.8 Å². The number of nitrogens with zero attached hydrogens (tertiary/aromatic N) is 1. The summed E-state index contributed by atoms with van der Waals surface area (Å²) in [6, 6.07) is 7.81. The number of allylic oxidation sites excluding steroid dienone is 2. The van der Waals surface area contributed by atoms with E-state index in [0.29, 0.717) is 6.61 Å². The van der Waals surface area contributed by atoms with Gasteiger partial charge in [-0.05, 0) is 49.0 Å². The highest BCUT2D eigenvalue weighted by atomic mass is 16.6. The van der Waals surface area contributed by atoms with Crippen molar-refractivity contribution in [3.63, 3.8) is 0 Å². The van der Waals surface area contributed by atoms with E-state index >= 15 is 0 Å². The van der Waals surface area contributed by atoms with Crippen LogP contribution in [0.4, 0.5) is 0 Å². The molecule has 0 fully saturated rings. The van der Waals surface area contributed by atoms with E-state index in [2.05, 4.69) is 11.2 Å². The van der Waals surface area contributed by atoms with Gasteiger partial charge in [-0.15, -0.1) is 0 Å². The fraction of sp³-hybridized carbons (Fsp3) is 0.400. The molecule has 3 heteroatoms. The normalized spacial score (nSPS) is 15.5. The predicted octanol–water partition coefficient (Wildman–Crippen LogP) is 3.70. The predicted molar refractivity (Wildman–Crippen MR) is 72.8 cm³/mol. The van der Waals surface area contributed by atoms with Gasteiger partial charge in [0, 0.05) is 0 Å². The van der Waals surface area contributed by atoms with Crippen molar-refractivity contribution in [2.24, 2.45) is 5.16 Å². The lowest BCUT2D eigenvalue weighted by Gasteiger charge is -2.07. The molecule has 0 radical (unpaired) electrons. The van der Waals surface area contributed by atoms with Crippen molar-refractivity contribution in [1.82, 2.24) is 0 Å². The fourth-order valence-electron chi connectivity index (χ4n) is 1.92. The molecule has 0 bridgehead atoms. The minimum atomic E-state index is 0.494. The summed E-state index contributed by atoms with van der Waals surface area (Å²) in [5, 5.41) is 4.01. The van der Waals surface area contributed by atoms with Gasteiger partial charge >= 0.3 is 0 Å². The van der Waals surface area contributed by atoms with Crippen LogP contribution in [0.1, 0.15) is 31.2 Å². The molecule has 1 aliphatic rings. The number of benzene rings is 1. The van der Waals surface area contributed by atoms with Gasteiger partial charge in [-0.1, -0.05) is 23.4 Å². The fourth-order valence-corrected chi connectivity index (χ4v) is 1.92. The van der Waals surface area contributed by atoms with Crippen LogP contribution in [-0.4, -0.2) is 13.3 Å². The van der Waals surface area contributed by atoms with E-state index in [9.17, 15) is 0 Å². The number of oxime groups is 1. The Morgan fingerprint density at radius 3 is 2.72 bits per heavy atom. The van der Waals surface area contributed by atoms with Crippen molar-refractivity contribution in [2.75, 3.05) is 7.11 Å². The monoisotopic (exact) mass is 245 g/mol. The van der Waals surface area contributed by atoms with E-state index in [-0.39, 0.29) is 0 Å². The first-order valence-corrected chi connectivity index (χ1v) is 6.36. The molecule has 3 nitrogen and oxygen atoms in total. The van der Waals surface area contributed by atoms with Crippen molar-refractivity contribution in [2.45, 2.75) is 32.3 Å². The first kappa shape index (κ1) is 12.7. The Hall–Kier alpha value is -1.77. The van der Waals surface area contributed by atoms with Crippen molar-refractivity contribution in [1.29, 1.82) is 0 Å². The SMILES string of the molecule is COc1ccc(CON=CC2=CCCCC2)cc1. The standard InChI is InChI=1S/C15H19NO2/c1-17-15-9-7-14(8-10-15)12-18-16-11-13-5-3-2-4-6-13/h5,7-11H,2-4,6,12H2,1H3. The molecule has 0 spiro atoms. The Bertz CT molecular complexity index is 421. The molecular formula is C15H19NO2. The Morgan fingerprint density at radius 1 is 1.22 bits per heavy atom. The van der Waals surface area contributed by atoms with Crippen LogP contribution in [0.5, 0.6) is 5.75 Å². The second kappa shape index (κ2) is 6.84. The van der Waals surface area contributed by atoms with Gasteiger partial charge in [0.1, 0.15) is 12.4 Å². The first-order chi connectivity index (χ1) is 8.88. The lowest BCUT2D eigenvalue weighted by molar-refractivity contribution is 0.132. The maximum atomic E-state index is 5.28. The van der Waals surface area contributed by atoms with Crippen molar-refractivity contribution in [3.05, 3.63) is 41.5 Å². The molecule has 0 N–H and O–H groups in total. The Balaban J connectivity index is 1.77. The lowest BCUT2D eigenvalue weighted by atomic mass is 10.0. The summed E-state index contributed by atoms with van der Waals surface area (Å²) in [6.45, 7) is 0.494. The topological polar surface area (TPSA) is 30.8 Å². The van der Waals surface area contributed by atoms with Crippen LogP contribution >= 0.6 is 0 Å². The smallest absolute Gasteiger partial charge is 0.142 e. The van der Waals surface area contributed by atoms with Gasteiger partial charge < -0.3 is 9.57 Å². The van der Waals surface area contributed by atoms with E-state index < -0.39 is 0 Å². The second-order valence-electron chi connectivity index (χ2n) is 4.38. The number of rotatable bonds is 5. The van der Waals surface area contributed by atoms with E-state index in [1.807, 2.05) is 30.5 Å². The molecule has 0 saturated carbocycles. The quantitative estimate of drug-likeness (QED) is 0.585. The summed E-state index contributed by atoms with van der Waals surface area (Å²) in [6.07, 6.45) is 8.92. The third-order valence-corrected chi connectivity index (χ3v) is 3.01. The van der Waals surface area contributed by atoms with Crippen molar-refractivity contribution < 1.29 is 9.57 Å². The number of hydrogen-bond acceptors (Lipinski definition) is 3. The molecule has 0 saturated heterocycles. The van der Waals surface area contributed by atoms with Crippen LogP contribution in [0.15, 0.2) is 41.1 Å². The average molecular weight is 245 g/mol. The maximum Gasteiger partial charge on any atom is 0.142 e. The van der Waals surface area contributed by atoms with Gasteiger partial charge in [0.15, 0.2) is 0 Å². The van der Waals surface area contributed by atoms with Crippen LogP contribution in [0.25, 0.3) is 0 Å². The molecule has 2 rings (SSSR count). The minimum Gasteiger partial charge on any atom is -0.497 e. The third-order valence-electron chi connectivity index (χ3n) is 3.01. The van der Waals surface area contributed by atoms with Crippen LogP contribution in [0.3, 0.4) is 0 Å². The van der Waals surface area contributed by atoms with Crippen LogP contribution in [-0.2, 0) is 11.4 Å². The Kier molecular flexibility index (Phi) is 4.82. The Labute approximate surface area is 108 Å². The number of hydrogen-bond donors (Lipinski definition) is 0. The van der Waals surface area contributed by atoms with E-state index in [4.69, 9.17) is 9.57 Å². The average Bonchev–Trinajstić information content (AvgIpc) is 2.45. The minimum absolute atomic E-state index is 0.494.